The second-order valence-electron chi connectivity index (χ2n) is 7.61. The average molecular weight is 415 g/mol. The largest absolute Gasteiger partial charge is 0.476 e. The summed E-state index contributed by atoms with van der Waals surface area (Å²) in [6, 6.07) is 10.4. The third kappa shape index (κ3) is 7.50. The lowest BCUT2D eigenvalue weighted by Crippen LogP contribution is -2.25. The van der Waals surface area contributed by atoms with Crippen molar-refractivity contribution in [3.63, 3.8) is 0 Å². The first kappa shape index (κ1) is 23.5. The number of ether oxygens (including phenoxy) is 1. The van der Waals surface area contributed by atoms with Gasteiger partial charge in [0.05, 0.1) is 10.4 Å². The molecule has 0 aliphatic carbocycles. The monoisotopic (exact) mass is 414 g/mol. The molecule has 0 saturated heterocycles. The van der Waals surface area contributed by atoms with Crippen LogP contribution in [0.15, 0.2) is 47.8 Å². The molecule has 2 unspecified atom stereocenters. The molecule has 1 aromatic carbocycles. The number of unbranched alkanes of at least 4 members (excludes halogenated alkanes) is 2. The van der Waals surface area contributed by atoms with Crippen molar-refractivity contribution >= 4 is 17.2 Å². The van der Waals surface area contributed by atoms with E-state index >= 15 is 0 Å². The number of thiazole rings is 1. The molecule has 3 nitrogen and oxygen atoms in total. The van der Waals surface area contributed by atoms with Crippen LogP contribution in [0.1, 0.15) is 79.1 Å². The zero-order valence-electron chi connectivity index (χ0n) is 18.6. The fraction of sp³-hybridized carbons (Fsp3) is 0.560. The standard InChI is InChI=1S/C25H38N2OS/c1-5-9-11-16-20(14-6-2)22(8-4)28-23(15-7-3)27-25-24(29-19-26-25)21-17-12-10-13-18-21/h10,12-13,15,17-20,22,27H,5-9,11,14,16H2,1-4H3/b23-15+. The number of nitrogens with zero attached hydrogens (tertiary/aromatic N) is 1. The normalized spacial score (nSPS) is 13.9. The summed E-state index contributed by atoms with van der Waals surface area (Å²) in [5.41, 5.74) is 3.08. The Kier molecular flexibility index (Phi) is 10.9. The predicted molar refractivity (Wildman–Crippen MR) is 127 cm³/mol. The summed E-state index contributed by atoms with van der Waals surface area (Å²) < 4.78 is 6.56. The van der Waals surface area contributed by atoms with E-state index in [0.717, 1.165) is 29.4 Å². The first-order chi connectivity index (χ1) is 14.2. The van der Waals surface area contributed by atoms with E-state index in [1.54, 1.807) is 11.3 Å². The fourth-order valence-electron chi connectivity index (χ4n) is 3.78. The summed E-state index contributed by atoms with van der Waals surface area (Å²) in [5, 5.41) is 3.49. The Bertz CT molecular complexity index is 711. The maximum absolute atomic E-state index is 6.56. The van der Waals surface area contributed by atoms with E-state index < -0.39 is 0 Å². The number of benzene rings is 1. The molecular weight excluding hydrogens is 376 g/mol. The van der Waals surface area contributed by atoms with Gasteiger partial charge in [0.25, 0.3) is 0 Å². The van der Waals surface area contributed by atoms with Crippen LogP contribution in [-0.4, -0.2) is 11.1 Å². The van der Waals surface area contributed by atoms with Crippen LogP contribution in [0.4, 0.5) is 5.82 Å². The van der Waals surface area contributed by atoms with Crippen molar-refractivity contribution in [2.75, 3.05) is 5.32 Å². The van der Waals surface area contributed by atoms with Gasteiger partial charge in [-0.05, 0) is 43.2 Å². The molecule has 1 N–H and O–H groups in total. The van der Waals surface area contributed by atoms with Crippen LogP contribution in [0.5, 0.6) is 0 Å². The molecular formula is C25H38N2OS. The van der Waals surface area contributed by atoms with E-state index in [2.05, 4.69) is 68.3 Å². The van der Waals surface area contributed by atoms with Crippen LogP contribution >= 0.6 is 11.3 Å². The summed E-state index contributed by atoms with van der Waals surface area (Å²) >= 11 is 1.66. The van der Waals surface area contributed by atoms with E-state index in [1.165, 1.54) is 44.1 Å². The highest BCUT2D eigenvalue weighted by atomic mass is 32.1. The highest BCUT2D eigenvalue weighted by Gasteiger charge is 2.22. The minimum Gasteiger partial charge on any atom is -0.476 e. The second kappa shape index (κ2) is 13.4. The molecule has 0 bridgehead atoms. The third-order valence-corrected chi connectivity index (χ3v) is 6.15. The van der Waals surface area contributed by atoms with Crippen molar-refractivity contribution < 1.29 is 4.74 Å². The van der Waals surface area contributed by atoms with Crippen molar-refractivity contribution in [1.82, 2.24) is 4.98 Å². The zero-order chi connectivity index (χ0) is 20.9. The van der Waals surface area contributed by atoms with Gasteiger partial charge in [-0.15, -0.1) is 11.3 Å². The molecule has 4 heteroatoms. The number of allylic oxidation sites excluding steroid dienone is 1. The molecule has 0 spiro atoms. The second-order valence-corrected chi connectivity index (χ2v) is 8.46. The van der Waals surface area contributed by atoms with Gasteiger partial charge in [0.15, 0.2) is 11.7 Å². The van der Waals surface area contributed by atoms with Crippen LogP contribution in [0.25, 0.3) is 10.4 Å². The number of anilines is 1. The lowest BCUT2D eigenvalue weighted by atomic mass is 9.90. The molecule has 0 aliphatic heterocycles. The van der Waals surface area contributed by atoms with Crippen molar-refractivity contribution in [2.24, 2.45) is 5.92 Å². The predicted octanol–water partition coefficient (Wildman–Crippen LogP) is 8.27. The fourth-order valence-corrected chi connectivity index (χ4v) is 4.53. The molecule has 160 valence electrons. The Hall–Kier alpha value is -1.81. The van der Waals surface area contributed by atoms with E-state index in [0.29, 0.717) is 5.92 Å². The quantitative estimate of drug-likeness (QED) is 0.249. The summed E-state index contributed by atoms with van der Waals surface area (Å²) in [6.07, 6.45) is 11.9. The Morgan fingerprint density at radius 1 is 1.07 bits per heavy atom. The van der Waals surface area contributed by atoms with Gasteiger partial charge in [-0.25, -0.2) is 4.98 Å². The average Bonchev–Trinajstić information content (AvgIpc) is 3.20. The van der Waals surface area contributed by atoms with Crippen molar-refractivity contribution in [3.8, 4) is 10.4 Å². The van der Waals surface area contributed by atoms with Crippen molar-refractivity contribution in [2.45, 2.75) is 85.2 Å². The van der Waals surface area contributed by atoms with Gasteiger partial charge in [0.2, 0.25) is 0 Å². The van der Waals surface area contributed by atoms with Gasteiger partial charge < -0.3 is 10.1 Å². The van der Waals surface area contributed by atoms with Crippen LogP contribution in [-0.2, 0) is 4.74 Å². The third-order valence-electron chi connectivity index (χ3n) is 5.28. The van der Waals surface area contributed by atoms with Crippen LogP contribution in [0.2, 0.25) is 0 Å². The number of hydrogen-bond donors (Lipinski definition) is 1. The van der Waals surface area contributed by atoms with Crippen molar-refractivity contribution in [3.05, 3.63) is 47.8 Å². The zero-order valence-corrected chi connectivity index (χ0v) is 19.4. The Balaban J connectivity index is 2.13. The maximum atomic E-state index is 6.56. The highest BCUT2D eigenvalue weighted by molar-refractivity contribution is 7.13. The number of rotatable bonds is 14. The number of hydrogen-bond acceptors (Lipinski definition) is 4. The summed E-state index contributed by atoms with van der Waals surface area (Å²) in [4.78, 5) is 5.73. The Labute approximate surface area is 181 Å². The van der Waals surface area contributed by atoms with E-state index in [-0.39, 0.29) is 6.10 Å². The van der Waals surface area contributed by atoms with Gasteiger partial charge in [-0.2, -0.15) is 0 Å². The van der Waals surface area contributed by atoms with Gasteiger partial charge in [-0.1, -0.05) is 83.7 Å². The molecule has 2 rings (SSSR count). The molecule has 0 amide bonds. The van der Waals surface area contributed by atoms with Crippen LogP contribution in [0.3, 0.4) is 0 Å². The summed E-state index contributed by atoms with van der Waals surface area (Å²) in [6.45, 7) is 8.94. The minimum absolute atomic E-state index is 0.246. The Morgan fingerprint density at radius 3 is 2.52 bits per heavy atom. The molecule has 2 aromatic rings. The Morgan fingerprint density at radius 2 is 1.86 bits per heavy atom. The number of nitrogens with one attached hydrogen (secondary N) is 1. The van der Waals surface area contributed by atoms with E-state index in [1.807, 2.05) is 11.6 Å². The van der Waals surface area contributed by atoms with Gasteiger partial charge >= 0.3 is 0 Å². The van der Waals surface area contributed by atoms with E-state index in [9.17, 15) is 0 Å². The topological polar surface area (TPSA) is 34.2 Å². The van der Waals surface area contributed by atoms with Crippen molar-refractivity contribution in [1.29, 1.82) is 0 Å². The smallest absolute Gasteiger partial charge is 0.188 e. The molecule has 0 fully saturated rings. The summed E-state index contributed by atoms with van der Waals surface area (Å²) in [7, 11) is 0. The SMILES string of the molecule is CC/C=C(\Nc1ncsc1-c1ccccc1)OC(CC)C(CCC)CCCCC. The molecule has 1 aromatic heterocycles. The highest BCUT2D eigenvalue weighted by Crippen LogP contribution is 2.33. The maximum Gasteiger partial charge on any atom is 0.188 e. The van der Waals surface area contributed by atoms with Gasteiger partial charge in [-0.3, -0.25) is 0 Å². The lowest BCUT2D eigenvalue weighted by molar-refractivity contribution is 0.0535. The van der Waals surface area contributed by atoms with Crippen LogP contribution < -0.4 is 5.32 Å². The molecule has 0 aliphatic rings. The molecule has 2 atom stereocenters. The summed E-state index contributed by atoms with van der Waals surface area (Å²) in [5.74, 6) is 2.34. The molecule has 1 heterocycles. The minimum atomic E-state index is 0.246. The first-order valence-corrected chi connectivity index (χ1v) is 12.2. The van der Waals surface area contributed by atoms with E-state index in [4.69, 9.17) is 4.74 Å². The first-order valence-electron chi connectivity index (χ1n) is 11.4. The van der Waals surface area contributed by atoms with Crippen LogP contribution in [0, 0.1) is 5.92 Å². The lowest BCUT2D eigenvalue weighted by Gasteiger charge is -2.28. The molecule has 29 heavy (non-hydrogen) atoms. The number of aromatic nitrogens is 1. The van der Waals surface area contributed by atoms with Gasteiger partial charge in [0, 0.05) is 0 Å². The molecule has 0 radical (unpaired) electrons. The molecule has 0 saturated carbocycles. The van der Waals surface area contributed by atoms with Gasteiger partial charge in [0.1, 0.15) is 6.10 Å².